The molecule has 0 atom stereocenters. The van der Waals surface area contributed by atoms with Crippen LogP contribution in [-0.4, -0.2) is 11.6 Å². The van der Waals surface area contributed by atoms with Gasteiger partial charge in [-0.05, 0) is 19.1 Å². The lowest BCUT2D eigenvalue weighted by atomic mass is 10.1. The predicted octanol–water partition coefficient (Wildman–Crippen LogP) is 1.83. The number of furan rings is 1. The lowest BCUT2D eigenvalue weighted by Gasteiger charge is -1.92. The fraction of sp³-hybridized carbons (Fsp3) is 0.333. The first kappa shape index (κ1) is 8.71. The normalized spacial score (nSPS) is 9.75. The summed E-state index contributed by atoms with van der Waals surface area (Å²) >= 11 is 0. The van der Waals surface area contributed by atoms with Gasteiger partial charge < -0.3 is 9.21 Å². The Hall–Kier alpha value is -1.38. The van der Waals surface area contributed by atoms with Crippen molar-refractivity contribution >= 4 is 11.6 Å². The Bertz CT molecular complexity index is 272. The quantitative estimate of drug-likeness (QED) is 0.641. The molecule has 1 rings (SSSR count). The van der Waals surface area contributed by atoms with E-state index < -0.39 is 0 Å². The van der Waals surface area contributed by atoms with Crippen molar-refractivity contribution < 1.29 is 14.0 Å². The minimum Gasteiger partial charge on any atom is -0.461 e. The highest BCUT2D eigenvalue weighted by Crippen LogP contribution is 2.05. The monoisotopic (exact) mass is 166 g/mol. The molecular formula is C9H10O3. The number of rotatable bonds is 4. The van der Waals surface area contributed by atoms with Crippen LogP contribution >= 0.6 is 0 Å². The molecule has 0 aliphatic heterocycles. The smallest absolute Gasteiger partial charge is 0.198 e. The summed E-state index contributed by atoms with van der Waals surface area (Å²) < 4.78 is 4.87. The fourth-order valence-electron chi connectivity index (χ4n) is 0.850. The van der Waals surface area contributed by atoms with Gasteiger partial charge in [-0.25, -0.2) is 0 Å². The molecule has 1 heterocycles. The molecule has 0 amide bonds. The highest BCUT2D eigenvalue weighted by molar-refractivity contribution is 5.95. The Morgan fingerprint density at radius 2 is 2.17 bits per heavy atom. The van der Waals surface area contributed by atoms with Crippen molar-refractivity contribution in [1.29, 1.82) is 0 Å². The Morgan fingerprint density at radius 1 is 1.42 bits per heavy atom. The van der Waals surface area contributed by atoms with Crippen LogP contribution in [0.25, 0.3) is 0 Å². The topological polar surface area (TPSA) is 47.3 Å². The number of carbonyl (C=O) groups is 2. The van der Waals surface area contributed by atoms with E-state index in [9.17, 15) is 9.59 Å². The van der Waals surface area contributed by atoms with Gasteiger partial charge in [-0.3, -0.25) is 4.79 Å². The second-order valence-corrected chi connectivity index (χ2v) is 2.60. The number of ketones is 2. The molecule has 0 N–H and O–H groups in total. The number of carbonyl (C=O) groups excluding carboxylic acids is 2. The molecule has 64 valence electrons. The lowest BCUT2D eigenvalue weighted by molar-refractivity contribution is -0.116. The van der Waals surface area contributed by atoms with Gasteiger partial charge in [-0.2, -0.15) is 0 Å². The van der Waals surface area contributed by atoms with Gasteiger partial charge in [-0.15, -0.1) is 0 Å². The third kappa shape index (κ3) is 2.34. The van der Waals surface area contributed by atoms with Gasteiger partial charge in [0.1, 0.15) is 5.78 Å². The fourth-order valence-corrected chi connectivity index (χ4v) is 0.850. The van der Waals surface area contributed by atoms with Gasteiger partial charge in [0.25, 0.3) is 0 Å². The molecule has 0 aromatic carbocycles. The molecule has 3 heteroatoms. The van der Waals surface area contributed by atoms with E-state index in [1.165, 1.54) is 13.2 Å². The molecule has 0 fully saturated rings. The maximum absolute atomic E-state index is 11.2. The van der Waals surface area contributed by atoms with Gasteiger partial charge in [0.15, 0.2) is 11.5 Å². The third-order valence-electron chi connectivity index (χ3n) is 1.50. The zero-order valence-corrected chi connectivity index (χ0v) is 6.87. The van der Waals surface area contributed by atoms with Crippen molar-refractivity contribution in [1.82, 2.24) is 0 Å². The van der Waals surface area contributed by atoms with Gasteiger partial charge in [0.2, 0.25) is 0 Å². The second-order valence-electron chi connectivity index (χ2n) is 2.60. The molecular weight excluding hydrogens is 156 g/mol. The average Bonchev–Trinajstić information content (AvgIpc) is 2.51. The highest BCUT2D eigenvalue weighted by atomic mass is 16.3. The zero-order valence-electron chi connectivity index (χ0n) is 6.87. The molecule has 0 bridgehead atoms. The summed E-state index contributed by atoms with van der Waals surface area (Å²) in [5.74, 6) is 0.237. The summed E-state index contributed by atoms with van der Waals surface area (Å²) in [5.41, 5.74) is 0. The van der Waals surface area contributed by atoms with Crippen LogP contribution in [0.4, 0.5) is 0 Å². The predicted molar refractivity (Wildman–Crippen MR) is 43.0 cm³/mol. The van der Waals surface area contributed by atoms with E-state index in [1.807, 2.05) is 0 Å². The number of hydrogen-bond acceptors (Lipinski definition) is 3. The van der Waals surface area contributed by atoms with E-state index in [0.717, 1.165) is 0 Å². The van der Waals surface area contributed by atoms with E-state index in [0.29, 0.717) is 12.2 Å². The standard InChI is InChI=1S/C9H10O3/c1-7(10)4-5-8(11)9-3-2-6-12-9/h2-3,6H,4-5H2,1H3. The maximum Gasteiger partial charge on any atom is 0.198 e. The molecule has 12 heavy (non-hydrogen) atoms. The van der Waals surface area contributed by atoms with Gasteiger partial charge in [-0.1, -0.05) is 0 Å². The van der Waals surface area contributed by atoms with E-state index in [-0.39, 0.29) is 18.0 Å². The largest absolute Gasteiger partial charge is 0.461 e. The number of Topliss-reactive ketones (excluding diaryl/α,β-unsaturated/α-hetero) is 2. The number of hydrogen-bond donors (Lipinski definition) is 0. The SMILES string of the molecule is CC(=O)CCC(=O)c1ccco1. The summed E-state index contributed by atoms with van der Waals surface area (Å²) in [6.07, 6.45) is 1.98. The summed E-state index contributed by atoms with van der Waals surface area (Å²) in [4.78, 5) is 21.7. The van der Waals surface area contributed by atoms with Gasteiger partial charge in [0.05, 0.1) is 6.26 Å². The first-order valence-electron chi connectivity index (χ1n) is 3.76. The van der Waals surface area contributed by atoms with Gasteiger partial charge in [0, 0.05) is 12.8 Å². The van der Waals surface area contributed by atoms with Crippen LogP contribution in [-0.2, 0) is 4.79 Å². The molecule has 0 radical (unpaired) electrons. The van der Waals surface area contributed by atoms with Crippen molar-refractivity contribution in [3.63, 3.8) is 0 Å². The van der Waals surface area contributed by atoms with Gasteiger partial charge >= 0.3 is 0 Å². The maximum atomic E-state index is 11.2. The minimum atomic E-state index is -0.116. The zero-order chi connectivity index (χ0) is 8.97. The van der Waals surface area contributed by atoms with E-state index in [2.05, 4.69) is 0 Å². The second kappa shape index (κ2) is 3.85. The average molecular weight is 166 g/mol. The van der Waals surface area contributed by atoms with E-state index in [4.69, 9.17) is 4.42 Å². The van der Waals surface area contributed by atoms with Crippen LogP contribution < -0.4 is 0 Å². The molecule has 0 unspecified atom stereocenters. The summed E-state index contributed by atoms with van der Waals surface area (Å²) in [6, 6.07) is 3.25. The Morgan fingerprint density at radius 3 is 2.67 bits per heavy atom. The molecule has 0 saturated heterocycles. The van der Waals surface area contributed by atoms with E-state index in [1.54, 1.807) is 12.1 Å². The molecule has 0 saturated carbocycles. The van der Waals surface area contributed by atoms with Crippen molar-refractivity contribution in [2.24, 2.45) is 0 Å². The molecule has 0 aliphatic rings. The molecule has 1 aromatic rings. The van der Waals surface area contributed by atoms with Crippen molar-refractivity contribution in [2.45, 2.75) is 19.8 Å². The van der Waals surface area contributed by atoms with Crippen LogP contribution in [0, 0.1) is 0 Å². The molecule has 0 spiro atoms. The molecule has 1 aromatic heterocycles. The minimum absolute atomic E-state index is 0.0231. The first-order chi connectivity index (χ1) is 5.70. The summed E-state index contributed by atoms with van der Waals surface area (Å²) in [5, 5.41) is 0. The molecule has 0 aliphatic carbocycles. The summed E-state index contributed by atoms with van der Waals surface area (Å²) in [6.45, 7) is 1.47. The Balaban J connectivity index is 2.45. The third-order valence-corrected chi connectivity index (χ3v) is 1.50. The summed E-state index contributed by atoms with van der Waals surface area (Å²) in [7, 11) is 0. The first-order valence-corrected chi connectivity index (χ1v) is 3.76. The van der Waals surface area contributed by atoms with Crippen LogP contribution in [0.5, 0.6) is 0 Å². The van der Waals surface area contributed by atoms with Crippen LogP contribution in [0.15, 0.2) is 22.8 Å². The van der Waals surface area contributed by atoms with E-state index >= 15 is 0 Å². The van der Waals surface area contributed by atoms with Crippen molar-refractivity contribution in [3.8, 4) is 0 Å². The Kier molecular flexibility index (Phi) is 2.80. The van der Waals surface area contributed by atoms with Crippen molar-refractivity contribution in [2.75, 3.05) is 0 Å². The van der Waals surface area contributed by atoms with Crippen LogP contribution in [0.1, 0.15) is 30.3 Å². The lowest BCUT2D eigenvalue weighted by Crippen LogP contribution is -2.00. The van der Waals surface area contributed by atoms with Crippen molar-refractivity contribution in [3.05, 3.63) is 24.2 Å². The Labute approximate surface area is 70.4 Å². The highest BCUT2D eigenvalue weighted by Gasteiger charge is 2.08. The van der Waals surface area contributed by atoms with Crippen LogP contribution in [0.3, 0.4) is 0 Å². The van der Waals surface area contributed by atoms with Crippen LogP contribution in [0.2, 0.25) is 0 Å². The molecule has 3 nitrogen and oxygen atoms in total.